The molecule has 4 unspecified atom stereocenters. The zero-order valence-corrected chi connectivity index (χ0v) is 12.7. The van der Waals surface area contributed by atoms with Crippen LogP contribution >= 0.6 is 0 Å². The van der Waals surface area contributed by atoms with Crippen LogP contribution in [0.1, 0.15) is 48.5 Å². The van der Waals surface area contributed by atoms with Gasteiger partial charge in [0.05, 0.1) is 5.56 Å². The van der Waals surface area contributed by atoms with E-state index in [1.54, 1.807) is 13.0 Å². The Balaban J connectivity index is 1.72. The van der Waals surface area contributed by atoms with Gasteiger partial charge in [-0.05, 0) is 68.6 Å². The predicted octanol–water partition coefficient (Wildman–Crippen LogP) is 3.27. The van der Waals surface area contributed by atoms with E-state index in [-0.39, 0.29) is 17.5 Å². The second-order valence-electron chi connectivity index (χ2n) is 6.80. The highest BCUT2D eigenvalue weighted by Crippen LogP contribution is 2.49. The number of nitrogen functional groups attached to an aromatic ring is 1. The zero-order chi connectivity index (χ0) is 15.1. The lowest BCUT2D eigenvalue weighted by atomic mass is 9.84. The lowest BCUT2D eigenvalue weighted by Gasteiger charge is -2.28. The molecule has 2 aliphatic rings. The summed E-state index contributed by atoms with van der Waals surface area (Å²) in [6.07, 6.45) is 5.12. The van der Waals surface area contributed by atoms with Crippen molar-refractivity contribution in [3.8, 4) is 0 Å². The van der Waals surface area contributed by atoms with Crippen LogP contribution in [0.3, 0.4) is 0 Å². The highest BCUT2D eigenvalue weighted by Gasteiger charge is 2.42. The second-order valence-corrected chi connectivity index (χ2v) is 6.80. The average molecular weight is 290 g/mol. The van der Waals surface area contributed by atoms with Crippen molar-refractivity contribution in [1.29, 1.82) is 0 Å². The lowest BCUT2D eigenvalue weighted by Crippen LogP contribution is -2.40. The number of rotatable bonds is 3. The molecule has 3 rings (SSSR count). The summed E-state index contributed by atoms with van der Waals surface area (Å²) >= 11 is 0. The van der Waals surface area contributed by atoms with Crippen LogP contribution in [-0.4, -0.2) is 11.9 Å². The van der Waals surface area contributed by atoms with Crippen molar-refractivity contribution in [3.63, 3.8) is 0 Å². The monoisotopic (exact) mass is 290 g/mol. The van der Waals surface area contributed by atoms with Gasteiger partial charge < -0.3 is 11.1 Å². The largest absolute Gasteiger partial charge is 0.399 e. The van der Waals surface area contributed by atoms with Crippen LogP contribution in [0.5, 0.6) is 0 Å². The molecule has 21 heavy (non-hydrogen) atoms. The normalized spacial score (nSPS) is 28.6. The Morgan fingerprint density at radius 3 is 2.76 bits per heavy atom. The molecular weight excluding hydrogens is 267 g/mol. The third-order valence-corrected chi connectivity index (χ3v) is 5.32. The molecule has 2 bridgehead atoms. The van der Waals surface area contributed by atoms with Gasteiger partial charge in [-0.15, -0.1) is 0 Å². The lowest BCUT2D eigenvalue weighted by molar-refractivity contribution is 0.0911. The quantitative estimate of drug-likeness (QED) is 0.839. The van der Waals surface area contributed by atoms with Crippen molar-refractivity contribution < 1.29 is 9.18 Å². The van der Waals surface area contributed by atoms with Gasteiger partial charge in [-0.1, -0.05) is 6.42 Å². The Morgan fingerprint density at radius 1 is 1.38 bits per heavy atom. The van der Waals surface area contributed by atoms with Crippen molar-refractivity contribution in [2.75, 3.05) is 5.73 Å². The molecule has 1 aromatic carbocycles. The van der Waals surface area contributed by atoms with E-state index in [4.69, 9.17) is 5.73 Å². The first-order valence-electron chi connectivity index (χ1n) is 7.82. The molecule has 0 heterocycles. The minimum Gasteiger partial charge on any atom is -0.399 e. The summed E-state index contributed by atoms with van der Waals surface area (Å²) in [5, 5.41) is 2.98. The molecule has 114 valence electrons. The van der Waals surface area contributed by atoms with Gasteiger partial charge in [-0.25, -0.2) is 4.39 Å². The van der Waals surface area contributed by atoms with Gasteiger partial charge in [0.15, 0.2) is 0 Å². The first-order valence-corrected chi connectivity index (χ1v) is 7.82. The van der Waals surface area contributed by atoms with Gasteiger partial charge in [-0.2, -0.15) is 0 Å². The molecule has 2 fully saturated rings. The fraction of sp³-hybridized carbons (Fsp3) is 0.588. The Hall–Kier alpha value is -1.58. The number of benzene rings is 1. The Bertz CT molecular complexity index is 572. The molecule has 4 heteroatoms. The van der Waals surface area contributed by atoms with Crippen LogP contribution < -0.4 is 11.1 Å². The summed E-state index contributed by atoms with van der Waals surface area (Å²) in [6.45, 7) is 3.67. The maximum atomic E-state index is 14.1. The molecule has 1 aromatic rings. The van der Waals surface area contributed by atoms with Crippen LogP contribution in [0, 0.1) is 30.5 Å². The Morgan fingerprint density at radius 2 is 2.14 bits per heavy atom. The fourth-order valence-corrected chi connectivity index (χ4v) is 4.26. The zero-order valence-electron chi connectivity index (χ0n) is 12.7. The van der Waals surface area contributed by atoms with E-state index in [9.17, 15) is 9.18 Å². The first kappa shape index (κ1) is 14.4. The molecule has 2 aliphatic carbocycles. The molecule has 0 saturated heterocycles. The Kier molecular flexibility index (Phi) is 3.64. The molecule has 0 aliphatic heterocycles. The minimum absolute atomic E-state index is 0.0579. The van der Waals surface area contributed by atoms with Gasteiger partial charge in [0.25, 0.3) is 5.91 Å². The van der Waals surface area contributed by atoms with E-state index in [1.165, 1.54) is 31.7 Å². The molecule has 0 aromatic heterocycles. The van der Waals surface area contributed by atoms with E-state index in [1.807, 2.05) is 6.92 Å². The SMILES string of the molecule is Cc1cc(N)cc(C(=O)NC(C)C2CC3CCC2C3)c1F. The highest BCUT2D eigenvalue weighted by molar-refractivity contribution is 5.95. The molecular formula is C17H23FN2O. The summed E-state index contributed by atoms with van der Waals surface area (Å²) in [5.74, 6) is 1.29. The van der Waals surface area contributed by atoms with Crippen molar-refractivity contribution in [1.82, 2.24) is 5.32 Å². The van der Waals surface area contributed by atoms with Crippen molar-refractivity contribution >= 4 is 11.6 Å². The van der Waals surface area contributed by atoms with Crippen molar-refractivity contribution in [2.45, 2.75) is 45.6 Å². The fourth-order valence-electron chi connectivity index (χ4n) is 4.26. The minimum atomic E-state index is -0.471. The van der Waals surface area contributed by atoms with E-state index >= 15 is 0 Å². The molecule has 0 spiro atoms. The summed E-state index contributed by atoms with van der Waals surface area (Å²) in [7, 11) is 0. The number of fused-ring (bicyclic) bond motifs is 2. The number of nitrogens with one attached hydrogen (secondary N) is 1. The third-order valence-electron chi connectivity index (χ3n) is 5.32. The van der Waals surface area contributed by atoms with Crippen LogP contribution in [0.4, 0.5) is 10.1 Å². The number of nitrogens with two attached hydrogens (primary N) is 1. The summed E-state index contributed by atoms with van der Waals surface area (Å²) in [4.78, 5) is 12.3. The predicted molar refractivity (Wildman–Crippen MR) is 81.4 cm³/mol. The molecule has 3 N–H and O–H groups in total. The van der Waals surface area contributed by atoms with Crippen molar-refractivity contribution in [2.24, 2.45) is 17.8 Å². The highest BCUT2D eigenvalue weighted by atomic mass is 19.1. The first-order chi connectivity index (χ1) is 9.95. The van der Waals surface area contributed by atoms with E-state index < -0.39 is 5.82 Å². The number of hydrogen-bond acceptors (Lipinski definition) is 2. The molecule has 2 saturated carbocycles. The van der Waals surface area contributed by atoms with E-state index in [2.05, 4.69) is 5.32 Å². The van der Waals surface area contributed by atoms with Crippen LogP contribution in [0.2, 0.25) is 0 Å². The third kappa shape index (κ3) is 2.63. The summed E-state index contributed by atoms with van der Waals surface area (Å²) in [6, 6.07) is 3.06. The maximum absolute atomic E-state index is 14.1. The summed E-state index contributed by atoms with van der Waals surface area (Å²) in [5.41, 5.74) is 6.61. The van der Waals surface area contributed by atoms with Crippen molar-refractivity contribution in [3.05, 3.63) is 29.1 Å². The van der Waals surface area contributed by atoms with Gasteiger partial charge in [0, 0.05) is 11.7 Å². The maximum Gasteiger partial charge on any atom is 0.254 e. The molecule has 1 amide bonds. The average Bonchev–Trinajstić information content (AvgIpc) is 3.05. The second kappa shape index (κ2) is 5.32. The van der Waals surface area contributed by atoms with Crippen LogP contribution in [0.15, 0.2) is 12.1 Å². The van der Waals surface area contributed by atoms with E-state index in [0.717, 1.165) is 11.8 Å². The number of halogens is 1. The van der Waals surface area contributed by atoms with Crippen LogP contribution in [-0.2, 0) is 0 Å². The number of anilines is 1. The van der Waals surface area contributed by atoms with Crippen LogP contribution in [0.25, 0.3) is 0 Å². The van der Waals surface area contributed by atoms with Gasteiger partial charge >= 0.3 is 0 Å². The van der Waals surface area contributed by atoms with E-state index in [0.29, 0.717) is 17.2 Å². The smallest absolute Gasteiger partial charge is 0.254 e. The summed E-state index contributed by atoms with van der Waals surface area (Å²) < 4.78 is 14.1. The number of amides is 1. The standard InChI is InChI=1S/C17H23FN2O/c1-9-5-13(19)8-15(16(9)18)17(21)20-10(2)14-7-11-3-4-12(14)6-11/h5,8,10-12,14H,3-4,6-7,19H2,1-2H3,(H,20,21). The topological polar surface area (TPSA) is 55.1 Å². The number of aryl methyl sites for hydroxylation is 1. The van der Waals surface area contributed by atoms with Gasteiger partial charge in [0.2, 0.25) is 0 Å². The number of carbonyl (C=O) groups is 1. The van der Waals surface area contributed by atoms with Gasteiger partial charge in [0.1, 0.15) is 5.82 Å². The Labute approximate surface area is 125 Å². The van der Waals surface area contributed by atoms with Gasteiger partial charge in [-0.3, -0.25) is 4.79 Å². The number of carbonyl (C=O) groups excluding carboxylic acids is 1. The molecule has 4 atom stereocenters. The molecule has 0 radical (unpaired) electrons. The molecule has 3 nitrogen and oxygen atoms in total. The number of hydrogen-bond donors (Lipinski definition) is 2.